The molecule has 28 heavy (non-hydrogen) atoms. The molecule has 0 heterocycles. The van der Waals surface area contributed by atoms with Gasteiger partial charge in [-0.2, -0.15) is 0 Å². The average molecular weight is 419 g/mol. The Hall–Kier alpha value is -0.326. The molecule has 0 aromatic heterocycles. The second-order valence-corrected chi connectivity index (χ2v) is 21.1. The molecule has 3 saturated carbocycles. The smallest absolute Gasteiger partial charge is 0.242 e. The number of hydrogen-bond acceptors (Lipinski definition) is 2. The van der Waals surface area contributed by atoms with Gasteiger partial charge in [0.05, 0.1) is 11.9 Å². The highest BCUT2D eigenvalue weighted by Gasteiger charge is 2.57. The van der Waals surface area contributed by atoms with Gasteiger partial charge in [-0.3, -0.25) is 0 Å². The zero-order valence-electron chi connectivity index (χ0n) is 19.3. The Morgan fingerprint density at radius 3 is 2.36 bits per heavy atom. The maximum absolute atomic E-state index is 6.72. The molecule has 2 nitrogen and oxygen atoms in total. The number of allylic oxidation sites excluding steroid dienone is 3. The van der Waals surface area contributed by atoms with Crippen LogP contribution in [0, 0.1) is 29.1 Å². The first-order valence-electron chi connectivity index (χ1n) is 11.7. The molecular weight excluding hydrogens is 376 g/mol. The monoisotopic (exact) mass is 418 g/mol. The van der Waals surface area contributed by atoms with E-state index >= 15 is 0 Å². The van der Waals surface area contributed by atoms with Crippen LogP contribution in [0.4, 0.5) is 0 Å². The van der Waals surface area contributed by atoms with Crippen molar-refractivity contribution in [3.63, 3.8) is 0 Å². The molecule has 4 heteroatoms. The van der Waals surface area contributed by atoms with Crippen molar-refractivity contribution in [3.05, 3.63) is 23.5 Å². The van der Waals surface area contributed by atoms with Crippen molar-refractivity contribution in [2.24, 2.45) is 29.1 Å². The van der Waals surface area contributed by atoms with Crippen molar-refractivity contribution in [2.45, 2.75) is 97.3 Å². The van der Waals surface area contributed by atoms with Crippen molar-refractivity contribution in [3.8, 4) is 0 Å². The molecule has 0 N–H and O–H groups in total. The zero-order chi connectivity index (χ0) is 20.3. The minimum Gasteiger partial charge on any atom is -0.545 e. The van der Waals surface area contributed by atoms with Crippen LogP contribution in [-0.2, 0) is 8.85 Å². The molecule has 3 fully saturated rings. The van der Waals surface area contributed by atoms with Gasteiger partial charge in [0.25, 0.3) is 0 Å². The molecule has 0 amide bonds. The summed E-state index contributed by atoms with van der Waals surface area (Å²) in [6.07, 6.45) is 14.8. The predicted molar refractivity (Wildman–Crippen MR) is 123 cm³/mol. The predicted octanol–water partition coefficient (Wildman–Crippen LogP) is 7.12. The largest absolute Gasteiger partial charge is 0.545 e. The van der Waals surface area contributed by atoms with E-state index in [9.17, 15) is 0 Å². The van der Waals surface area contributed by atoms with Gasteiger partial charge in [0.2, 0.25) is 8.32 Å². The van der Waals surface area contributed by atoms with Crippen molar-refractivity contribution in [1.29, 1.82) is 0 Å². The lowest BCUT2D eigenvalue weighted by Gasteiger charge is -2.54. The first-order chi connectivity index (χ1) is 13.0. The highest BCUT2D eigenvalue weighted by atomic mass is 28.4. The summed E-state index contributed by atoms with van der Waals surface area (Å²) in [5.41, 5.74) is 2.13. The van der Waals surface area contributed by atoms with Gasteiger partial charge in [0, 0.05) is 0 Å². The van der Waals surface area contributed by atoms with Crippen LogP contribution in [0.3, 0.4) is 0 Å². The van der Waals surface area contributed by atoms with Crippen LogP contribution >= 0.6 is 0 Å². The maximum Gasteiger partial charge on any atom is 0.242 e. The van der Waals surface area contributed by atoms with Crippen LogP contribution in [0.25, 0.3) is 0 Å². The van der Waals surface area contributed by atoms with Gasteiger partial charge in [0.15, 0.2) is 8.32 Å². The van der Waals surface area contributed by atoms with E-state index in [2.05, 4.69) is 58.4 Å². The lowest BCUT2D eigenvalue weighted by atomic mass is 9.52. The van der Waals surface area contributed by atoms with Crippen LogP contribution in [0.15, 0.2) is 23.5 Å². The van der Waals surface area contributed by atoms with E-state index in [1.807, 2.05) is 0 Å². The van der Waals surface area contributed by atoms with Crippen LogP contribution in [0.2, 0.25) is 39.3 Å². The summed E-state index contributed by atoms with van der Waals surface area (Å²) in [7, 11) is -2.99. The van der Waals surface area contributed by atoms with Gasteiger partial charge < -0.3 is 8.85 Å². The average Bonchev–Trinajstić information content (AvgIpc) is 2.88. The summed E-state index contributed by atoms with van der Waals surface area (Å²) in [6, 6.07) is 0. The van der Waals surface area contributed by atoms with Gasteiger partial charge in [-0.05, 0) is 125 Å². The van der Waals surface area contributed by atoms with E-state index in [4.69, 9.17) is 8.85 Å². The van der Waals surface area contributed by atoms with Crippen LogP contribution in [0.1, 0.15) is 51.9 Å². The minimum atomic E-state index is -1.51. The molecule has 0 saturated heterocycles. The number of hydrogen-bond donors (Lipinski definition) is 0. The Kier molecular flexibility index (Phi) is 5.33. The Morgan fingerprint density at radius 2 is 1.68 bits per heavy atom. The van der Waals surface area contributed by atoms with Crippen molar-refractivity contribution < 1.29 is 8.85 Å². The summed E-state index contributed by atoms with van der Waals surface area (Å²) in [6.45, 7) is 16.5. The first kappa shape index (κ1) is 20.9. The lowest BCUT2D eigenvalue weighted by Crippen LogP contribution is -2.49. The van der Waals surface area contributed by atoms with E-state index in [1.54, 1.807) is 5.57 Å². The highest BCUT2D eigenvalue weighted by molar-refractivity contribution is 6.70. The molecular formula is C24H42O2Si2. The molecule has 0 aliphatic heterocycles. The fourth-order valence-corrected chi connectivity index (χ4v) is 9.10. The molecule has 158 valence electrons. The maximum atomic E-state index is 6.72. The Balaban J connectivity index is 1.49. The van der Waals surface area contributed by atoms with Crippen LogP contribution < -0.4 is 0 Å². The number of rotatable bonds is 4. The van der Waals surface area contributed by atoms with E-state index < -0.39 is 16.6 Å². The van der Waals surface area contributed by atoms with E-state index in [1.165, 1.54) is 50.7 Å². The van der Waals surface area contributed by atoms with E-state index in [0.29, 0.717) is 11.5 Å². The summed E-state index contributed by atoms with van der Waals surface area (Å²) >= 11 is 0. The Morgan fingerprint density at radius 1 is 0.929 bits per heavy atom. The molecule has 4 aliphatic carbocycles. The zero-order valence-corrected chi connectivity index (χ0v) is 21.3. The Bertz CT molecular complexity index is 669. The summed E-state index contributed by atoms with van der Waals surface area (Å²) < 4.78 is 13.0. The van der Waals surface area contributed by atoms with Gasteiger partial charge in [-0.25, -0.2) is 0 Å². The van der Waals surface area contributed by atoms with Crippen molar-refractivity contribution in [2.75, 3.05) is 0 Å². The topological polar surface area (TPSA) is 18.5 Å². The molecule has 0 spiro atoms. The van der Waals surface area contributed by atoms with Crippen LogP contribution in [0.5, 0.6) is 0 Å². The molecule has 4 unspecified atom stereocenters. The van der Waals surface area contributed by atoms with Crippen LogP contribution in [-0.4, -0.2) is 22.7 Å². The van der Waals surface area contributed by atoms with E-state index in [0.717, 1.165) is 23.7 Å². The molecule has 0 aromatic rings. The summed E-state index contributed by atoms with van der Waals surface area (Å²) in [5, 5.41) is 0. The molecule has 0 radical (unpaired) electrons. The molecule has 0 bridgehead atoms. The summed E-state index contributed by atoms with van der Waals surface area (Å²) in [4.78, 5) is 0. The third-order valence-electron chi connectivity index (χ3n) is 7.99. The normalized spacial score (nSPS) is 40.8. The molecule has 0 aromatic carbocycles. The highest BCUT2D eigenvalue weighted by Crippen LogP contribution is 2.62. The van der Waals surface area contributed by atoms with Gasteiger partial charge in [-0.1, -0.05) is 12.5 Å². The summed E-state index contributed by atoms with van der Waals surface area (Å²) in [5.74, 6) is 4.67. The quantitative estimate of drug-likeness (QED) is 0.452. The SMILES string of the molecule is C[C@]12CCC3C4CC=C(O[Si](C)(C)C)C=C4CCC3C1CC[C@@H]2O[Si](C)(C)C. The standard InChI is InChI=1S/C24H42O2Si2/c1-24-15-14-20-19-11-9-18(25-27(2,3)4)16-17(19)8-10-21(20)22(24)12-13-23(24)26-28(5,6)7/h9,16,19-23H,8,10-15H2,1-7H3/t19?,20?,21?,22?,23-,24-/m0/s1. The third kappa shape index (κ3) is 3.98. The van der Waals surface area contributed by atoms with Gasteiger partial charge in [0.1, 0.15) is 0 Å². The fraction of sp³-hybridized carbons (Fsp3) is 0.833. The van der Waals surface area contributed by atoms with Gasteiger partial charge in [-0.15, -0.1) is 0 Å². The molecule has 6 atom stereocenters. The number of fused-ring (bicyclic) bond motifs is 5. The lowest BCUT2D eigenvalue weighted by molar-refractivity contribution is -0.0455. The third-order valence-corrected chi connectivity index (χ3v) is 9.83. The second-order valence-electron chi connectivity index (χ2n) is 12.2. The van der Waals surface area contributed by atoms with Gasteiger partial charge >= 0.3 is 0 Å². The van der Waals surface area contributed by atoms with Crippen molar-refractivity contribution >= 4 is 16.6 Å². The van der Waals surface area contributed by atoms with Crippen molar-refractivity contribution in [1.82, 2.24) is 0 Å². The fourth-order valence-electron chi connectivity index (χ4n) is 7.01. The van der Waals surface area contributed by atoms with E-state index in [-0.39, 0.29) is 0 Å². The molecule has 4 aliphatic rings. The second kappa shape index (κ2) is 7.13. The first-order valence-corrected chi connectivity index (χ1v) is 18.6. The minimum absolute atomic E-state index is 0.430. The Labute approximate surface area is 175 Å². The molecule has 4 rings (SSSR count).